The summed E-state index contributed by atoms with van der Waals surface area (Å²) in [5.74, 6) is 1.11. The van der Waals surface area contributed by atoms with Crippen LogP contribution < -0.4 is 10.6 Å². The maximum Gasteiger partial charge on any atom is 0.274 e. The molecule has 3 rings (SSSR count). The fourth-order valence-electron chi connectivity index (χ4n) is 2.27. The third-order valence-electron chi connectivity index (χ3n) is 3.85. The third-order valence-corrected chi connectivity index (χ3v) is 3.85. The fraction of sp³-hybridized carbons (Fsp3) is 0.353. The van der Waals surface area contributed by atoms with Gasteiger partial charge in [0.25, 0.3) is 5.91 Å². The predicted octanol–water partition coefficient (Wildman–Crippen LogP) is 3.23. The van der Waals surface area contributed by atoms with Crippen molar-refractivity contribution in [2.24, 2.45) is 0 Å². The number of hydrogen-bond acceptors (Lipinski definition) is 4. The molecule has 1 saturated carbocycles. The molecule has 0 bridgehead atoms. The second kappa shape index (κ2) is 5.75. The first kappa shape index (κ1) is 14.5. The molecule has 0 saturated heterocycles. The van der Waals surface area contributed by atoms with Gasteiger partial charge in [-0.1, -0.05) is 12.1 Å². The Kier molecular flexibility index (Phi) is 3.79. The number of anilines is 2. The topological polar surface area (TPSA) is 66.9 Å². The summed E-state index contributed by atoms with van der Waals surface area (Å²) in [7, 11) is 0. The van der Waals surface area contributed by atoms with E-state index in [1.54, 1.807) is 13.0 Å². The monoisotopic (exact) mass is 296 g/mol. The van der Waals surface area contributed by atoms with Crippen molar-refractivity contribution in [3.8, 4) is 0 Å². The molecular weight excluding hydrogens is 276 g/mol. The molecule has 22 heavy (non-hydrogen) atoms. The van der Waals surface area contributed by atoms with Gasteiger partial charge in [0.1, 0.15) is 17.3 Å². The Morgan fingerprint density at radius 1 is 1.18 bits per heavy atom. The van der Waals surface area contributed by atoms with E-state index in [2.05, 4.69) is 20.6 Å². The smallest absolute Gasteiger partial charge is 0.274 e. The van der Waals surface area contributed by atoms with Gasteiger partial charge in [-0.15, -0.1) is 0 Å². The number of nitrogens with one attached hydrogen (secondary N) is 2. The van der Waals surface area contributed by atoms with Crippen molar-refractivity contribution < 1.29 is 4.79 Å². The Balaban J connectivity index is 1.82. The number of carbonyl (C=O) groups is 1. The van der Waals surface area contributed by atoms with Crippen LogP contribution in [-0.4, -0.2) is 21.9 Å². The standard InChI is InChI=1S/C17H20N4O/c1-10-5-4-6-14(11(10)2)21-17(22)15-9-16(19-12(3)18-15)20-13-7-8-13/h4-6,9,13H,7-8H2,1-3H3,(H,21,22)(H,18,19,20). The second-order valence-electron chi connectivity index (χ2n) is 5.81. The van der Waals surface area contributed by atoms with E-state index in [4.69, 9.17) is 0 Å². The van der Waals surface area contributed by atoms with Crippen LogP contribution in [0.25, 0.3) is 0 Å². The van der Waals surface area contributed by atoms with Crippen LogP contribution in [0.1, 0.15) is 40.3 Å². The summed E-state index contributed by atoms with van der Waals surface area (Å²) < 4.78 is 0. The lowest BCUT2D eigenvalue weighted by molar-refractivity contribution is 0.102. The van der Waals surface area contributed by atoms with Gasteiger partial charge < -0.3 is 10.6 Å². The average Bonchev–Trinajstić information content (AvgIpc) is 3.27. The highest BCUT2D eigenvalue weighted by molar-refractivity contribution is 6.03. The van der Waals surface area contributed by atoms with Crippen molar-refractivity contribution in [1.82, 2.24) is 9.97 Å². The molecule has 2 N–H and O–H groups in total. The molecule has 1 heterocycles. The molecule has 0 atom stereocenters. The molecule has 1 aliphatic carbocycles. The van der Waals surface area contributed by atoms with E-state index in [9.17, 15) is 4.79 Å². The quantitative estimate of drug-likeness (QED) is 0.909. The van der Waals surface area contributed by atoms with E-state index in [0.717, 1.165) is 35.5 Å². The van der Waals surface area contributed by atoms with Crippen molar-refractivity contribution in [2.75, 3.05) is 10.6 Å². The molecule has 1 aromatic carbocycles. The van der Waals surface area contributed by atoms with Crippen molar-refractivity contribution >= 4 is 17.4 Å². The molecule has 114 valence electrons. The molecule has 1 amide bonds. The number of amides is 1. The molecule has 0 aliphatic heterocycles. The minimum atomic E-state index is -0.210. The van der Waals surface area contributed by atoms with Crippen LogP contribution in [0.3, 0.4) is 0 Å². The molecule has 0 radical (unpaired) electrons. The fourth-order valence-corrected chi connectivity index (χ4v) is 2.27. The van der Waals surface area contributed by atoms with Crippen LogP contribution in [0.15, 0.2) is 24.3 Å². The molecule has 5 heteroatoms. The van der Waals surface area contributed by atoms with Crippen molar-refractivity contribution in [3.05, 3.63) is 46.9 Å². The Bertz CT molecular complexity index is 723. The van der Waals surface area contributed by atoms with Crippen LogP contribution in [0.4, 0.5) is 11.5 Å². The Labute approximate surface area is 130 Å². The Morgan fingerprint density at radius 2 is 1.95 bits per heavy atom. The number of nitrogens with zero attached hydrogens (tertiary/aromatic N) is 2. The average molecular weight is 296 g/mol. The van der Waals surface area contributed by atoms with Crippen LogP contribution in [0.2, 0.25) is 0 Å². The van der Waals surface area contributed by atoms with Gasteiger partial charge >= 0.3 is 0 Å². The normalized spacial score (nSPS) is 13.8. The highest BCUT2D eigenvalue weighted by atomic mass is 16.1. The molecule has 0 spiro atoms. The predicted molar refractivity (Wildman–Crippen MR) is 87.3 cm³/mol. The van der Waals surface area contributed by atoms with Gasteiger partial charge in [-0.3, -0.25) is 4.79 Å². The first-order valence-electron chi connectivity index (χ1n) is 7.53. The lowest BCUT2D eigenvalue weighted by Crippen LogP contribution is -2.17. The van der Waals surface area contributed by atoms with Gasteiger partial charge in [0.2, 0.25) is 0 Å². The van der Waals surface area contributed by atoms with Crippen LogP contribution >= 0.6 is 0 Å². The first-order chi connectivity index (χ1) is 10.5. The van der Waals surface area contributed by atoms with E-state index in [-0.39, 0.29) is 5.91 Å². The molecule has 1 aromatic heterocycles. The number of hydrogen-bond donors (Lipinski definition) is 2. The molecule has 2 aromatic rings. The van der Waals surface area contributed by atoms with Gasteiger partial charge in [-0.05, 0) is 50.8 Å². The third kappa shape index (κ3) is 3.24. The zero-order chi connectivity index (χ0) is 15.7. The maximum atomic E-state index is 12.5. The molecule has 5 nitrogen and oxygen atoms in total. The second-order valence-corrected chi connectivity index (χ2v) is 5.81. The van der Waals surface area contributed by atoms with Crippen LogP contribution in [-0.2, 0) is 0 Å². The van der Waals surface area contributed by atoms with Gasteiger partial charge in [0.05, 0.1) is 0 Å². The van der Waals surface area contributed by atoms with Crippen molar-refractivity contribution in [2.45, 2.75) is 39.7 Å². The highest BCUT2D eigenvalue weighted by Gasteiger charge is 2.22. The lowest BCUT2D eigenvalue weighted by atomic mass is 10.1. The van der Waals surface area contributed by atoms with E-state index in [1.165, 1.54) is 0 Å². The number of rotatable bonds is 4. The zero-order valence-corrected chi connectivity index (χ0v) is 13.1. The van der Waals surface area contributed by atoms with Crippen molar-refractivity contribution in [3.63, 3.8) is 0 Å². The van der Waals surface area contributed by atoms with Crippen LogP contribution in [0, 0.1) is 20.8 Å². The van der Waals surface area contributed by atoms with Gasteiger partial charge in [0.15, 0.2) is 0 Å². The Morgan fingerprint density at radius 3 is 2.68 bits per heavy atom. The zero-order valence-electron chi connectivity index (χ0n) is 13.1. The summed E-state index contributed by atoms with van der Waals surface area (Å²) >= 11 is 0. The SMILES string of the molecule is Cc1nc(NC2CC2)cc(C(=O)Nc2cccc(C)c2C)n1. The van der Waals surface area contributed by atoms with E-state index in [0.29, 0.717) is 17.6 Å². The number of carbonyl (C=O) groups excluding carboxylic acids is 1. The van der Waals surface area contributed by atoms with Crippen molar-refractivity contribution in [1.29, 1.82) is 0 Å². The molecule has 1 fully saturated rings. The van der Waals surface area contributed by atoms with Gasteiger partial charge in [0, 0.05) is 17.8 Å². The van der Waals surface area contributed by atoms with Crippen LogP contribution in [0.5, 0.6) is 0 Å². The van der Waals surface area contributed by atoms with E-state index in [1.807, 2.05) is 32.0 Å². The summed E-state index contributed by atoms with van der Waals surface area (Å²) in [6.07, 6.45) is 2.32. The largest absolute Gasteiger partial charge is 0.367 e. The molecule has 1 aliphatic rings. The van der Waals surface area contributed by atoms with Gasteiger partial charge in [-0.25, -0.2) is 9.97 Å². The minimum absolute atomic E-state index is 0.210. The summed E-state index contributed by atoms with van der Waals surface area (Å²) in [5.41, 5.74) is 3.42. The van der Waals surface area contributed by atoms with Gasteiger partial charge in [-0.2, -0.15) is 0 Å². The summed E-state index contributed by atoms with van der Waals surface area (Å²) in [6, 6.07) is 8.06. The first-order valence-corrected chi connectivity index (χ1v) is 7.53. The van der Waals surface area contributed by atoms with E-state index < -0.39 is 0 Å². The summed E-state index contributed by atoms with van der Waals surface area (Å²) in [4.78, 5) is 21.0. The number of aryl methyl sites for hydroxylation is 2. The number of benzene rings is 1. The highest BCUT2D eigenvalue weighted by Crippen LogP contribution is 2.24. The lowest BCUT2D eigenvalue weighted by Gasteiger charge is -2.11. The number of aromatic nitrogens is 2. The minimum Gasteiger partial charge on any atom is -0.367 e. The molecular formula is C17H20N4O. The summed E-state index contributed by atoms with van der Waals surface area (Å²) in [6.45, 7) is 5.82. The molecule has 0 unspecified atom stereocenters. The summed E-state index contributed by atoms with van der Waals surface area (Å²) in [5, 5.41) is 6.24. The Hall–Kier alpha value is -2.43. The van der Waals surface area contributed by atoms with E-state index >= 15 is 0 Å². The maximum absolute atomic E-state index is 12.5.